The minimum atomic E-state index is -0.710. The Morgan fingerprint density at radius 3 is 2.68 bits per heavy atom. The number of carbonyl (C=O) groups excluding carboxylic acids is 1. The third kappa shape index (κ3) is 4.04. The molecular weight excluding hydrogens is 399 g/mol. The minimum absolute atomic E-state index is 0.0186. The molecule has 5 rings (SSSR count). The van der Waals surface area contributed by atoms with Crippen molar-refractivity contribution in [2.75, 3.05) is 6.79 Å². The number of cyclic esters (lactones) is 1. The zero-order valence-electron chi connectivity index (χ0n) is 18.2. The van der Waals surface area contributed by atoms with Gasteiger partial charge in [0.2, 0.25) is 6.79 Å². The van der Waals surface area contributed by atoms with Gasteiger partial charge in [0.15, 0.2) is 0 Å². The zero-order valence-corrected chi connectivity index (χ0v) is 18.2. The van der Waals surface area contributed by atoms with Crippen molar-refractivity contribution < 1.29 is 28.5 Å². The first-order valence-electron chi connectivity index (χ1n) is 10.5. The van der Waals surface area contributed by atoms with Crippen LogP contribution in [0.1, 0.15) is 54.9 Å². The van der Waals surface area contributed by atoms with E-state index in [9.17, 15) is 14.3 Å². The summed E-state index contributed by atoms with van der Waals surface area (Å²) in [5, 5.41) is 9.95. The third-order valence-corrected chi connectivity index (χ3v) is 5.96. The highest BCUT2D eigenvalue weighted by molar-refractivity contribution is 5.86. The van der Waals surface area contributed by atoms with Gasteiger partial charge in [-0.2, -0.15) is 0 Å². The molecule has 2 atom stereocenters. The SMILES string of the molecule is Cc1c(C)c2c(/C=C/[C@H]3C[C@H](O)CC(=O)O3)c(C(C)C)c1OCOc1cc(F)ccc1-2. The topological polar surface area (TPSA) is 65.0 Å². The van der Waals surface area contributed by atoms with Crippen LogP contribution in [0.15, 0.2) is 24.3 Å². The average molecular weight is 426 g/mol. The Hall–Kier alpha value is -2.86. The maximum atomic E-state index is 14.0. The normalized spacial score (nSPS) is 20.5. The van der Waals surface area contributed by atoms with Crippen LogP contribution in [0, 0.1) is 19.7 Å². The van der Waals surface area contributed by atoms with E-state index < -0.39 is 18.2 Å². The maximum Gasteiger partial charge on any atom is 0.309 e. The van der Waals surface area contributed by atoms with Gasteiger partial charge in [0.25, 0.3) is 0 Å². The van der Waals surface area contributed by atoms with Crippen LogP contribution in [-0.4, -0.2) is 30.1 Å². The molecule has 0 saturated carbocycles. The summed E-state index contributed by atoms with van der Waals surface area (Å²) in [5.74, 6) is 0.513. The number of carbonyl (C=O) groups is 1. The highest BCUT2D eigenvalue weighted by Gasteiger charge is 2.28. The van der Waals surface area contributed by atoms with Crippen molar-refractivity contribution >= 4 is 12.0 Å². The van der Waals surface area contributed by atoms with E-state index in [2.05, 4.69) is 13.8 Å². The molecule has 2 bridgehead atoms. The van der Waals surface area contributed by atoms with Gasteiger partial charge in [0.1, 0.15) is 23.4 Å². The quantitative estimate of drug-likeness (QED) is 0.697. The van der Waals surface area contributed by atoms with E-state index in [0.717, 1.165) is 39.1 Å². The van der Waals surface area contributed by atoms with Gasteiger partial charge in [-0.15, -0.1) is 0 Å². The van der Waals surface area contributed by atoms with Crippen LogP contribution in [0.3, 0.4) is 0 Å². The van der Waals surface area contributed by atoms with Crippen LogP contribution in [0.25, 0.3) is 17.2 Å². The number of esters is 1. The highest BCUT2D eigenvalue weighted by atomic mass is 19.1. The number of benzene rings is 2. The molecule has 1 N–H and O–H groups in total. The molecule has 0 spiro atoms. The zero-order chi connectivity index (χ0) is 22.3. The number of halogens is 1. The molecule has 1 saturated heterocycles. The first-order valence-corrected chi connectivity index (χ1v) is 10.5. The van der Waals surface area contributed by atoms with E-state index in [0.29, 0.717) is 12.2 Å². The third-order valence-electron chi connectivity index (χ3n) is 5.96. The summed E-state index contributed by atoms with van der Waals surface area (Å²) in [7, 11) is 0. The molecule has 0 aliphatic carbocycles. The molecule has 0 radical (unpaired) electrons. The fourth-order valence-electron chi connectivity index (χ4n) is 4.40. The van der Waals surface area contributed by atoms with Gasteiger partial charge in [-0.1, -0.05) is 19.9 Å². The summed E-state index contributed by atoms with van der Waals surface area (Å²) in [6.45, 7) is 8.19. The molecule has 3 aliphatic heterocycles. The fraction of sp³-hybridized carbons (Fsp3) is 0.400. The lowest BCUT2D eigenvalue weighted by Gasteiger charge is -2.25. The van der Waals surface area contributed by atoms with E-state index in [1.807, 2.05) is 26.0 Å². The van der Waals surface area contributed by atoms with E-state index in [4.69, 9.17) is 14.2 Å². The smallest absolute Gasteiger partial charge is 0.309 e. The molecule has 0 amide bonds. The number of rotatable bonds is 3. The second-order valence-electron chi connectivity index (χ2n) is 8.46. The molecule has 3 heterocycles. The van der Waals surface area contributed by atoms with Crippen molar-refractivity contribution in [3.05, 3.63) is 52.3 Å². The number of aliphatic hydroxyl groups excluding tert-OH is 1. The van der Waals surface area contributed by atoms with Gasteiger partial charge in [0, 0.05) is 23.6 Å². The van der Waals surface area contributed by atoms with E-state index in [1.165, 1.54) is 12.1 Å². The summed E-state index contributed by atoms with van der Waals surface area (Å²) < 4.78 is 31.2. The van der Waals surface area contributed by atoms with Gasteiger partial charge in [-0.3, -0.25) is 4.79 Å². The van der Waals surface area contributed by atoms with Crippen molar-refractivity contribution in [2.45, 2.75) is 58.7 Å². The lowest BCUT2D eigenvalue weighted by molar-refractivity contribution is -0.156. The monoisotopic (exact) mass is 426 g/mol. The summed E-state index contributed by atoms with van der Waals surface area (Å²) in [6.07, 6.45) is 2.89. The molecule has 0 unspecified atom stereocenters. The predicted octanol–water partition coefficient (Wildman–Crippen LogP) is 5.04. The van der Waals surface area contributed by atoms with Crippen molar-refractivity contribution in [3.63, 3.8) is 0 Å². The largest absolute Gasteiger partial charge is 0.458 e. The van der Waals surface area contributed by atoms with E-state index in [1.54, 1.807) is 6.07 Å². The Labute approximate surface area is 181 Å². The van der Waals surface area contributed by atoms with Crippen molar-refractivity contribution in [3.8, 4) is 22.6 Å². The van der Waals surface area contributed by atoms with Gasteiger partial charge >= 0.3 is 5.97 Å². The van der Waals surface area contributed by atoms with Crippen molar-refractivity contribution in [1.29, 1.82) is 0 Å². The maximum absolute atomic E-state index is 14.0. The fourth-order valence-corrected chi connectivity index (χ4v) is 4.40. The van der Waals surface area contributed by atoms with Gasteiger partial charge in [0.05, 0.1) is 12.5 Å². The van der Waals surface area contributed by atoms with Crippen LogP contribution in [0.5, 0.6) is 11.5 Å². The Kier molecular flexibility index (Phi) is 5.75. The second-order valence-corrected chi connectivity index (χ2v) is 8.46. The number of aliphatic hydroxyl groups is 1. The molecule has 6 heteroatoms. The van der Waals surface area contributed by atoms with Gasteiger partial charge in [-0.25, -0.2) is 4.39 Å². The summed E-state index contributed by atoms with van der Waals surface area (Å²) in [5.41, 5.74) is 5.67. The first-order chi connectivity index (χ1) is 14.8. The summed E-state index contributed by atoms with van der Waals surface area (Å²) >= 11 is 0. The molecule has 2 aromatic rings. The number of hydrogen-bond acceptors (Lipinski definition) is 5. The van der Waals surface area contributed by atoms with Crippen molar-refractivity contribution in [1.82, 2.24) is 0 Å². The van der Waals surface area contributed by atoms with Crippen LogP contribution in [0.2, 0.25) is 0 Å². The molecule has 5 nitrogen and oxygen atoms in total. The molecule has 0 aromatic heterocycles. The van der Waals surface area contributed by atoms with Crippen LogP contribution in [-0.2, 0) is 9.53 Å². The summed E-state index contributed by atoms with van der Waals surface area (Å²) in [4.78, 5) is 11.8. The lowest BCUT2D eigenvalue weighted by atomic mass is 9.83. The Bertz CT molecular complexity index is 1060. The van der Waals surface area contributed by atoms with E-state index >= 15 is 0 Å². The molecular formula is C25H27FO5. The van der Waals surface area contributed by atoms with Gasteiger partial charge in [-0.05, 0) is 60.2 Å². The predicted molar refractivity (Wildman–Crippen MR) is 116 cm³/mol. The molecule has 1 fully saturated rings. The van der Waals surface area contributed by atoms with Gasteiger partial charge < -0.3 is 19.3 Å². The Balaban J connectivity index is 1.95. The summed E-state index contributed by atoms with van der Waals surface area (Å²) in [6, 6.07) is 4.52. The number of fused-ring (bicyclic) bond motifs is 4. The van der Waals surface area contributed by atoms with Crippen LogP contribution < -0.4 is 9.47 Å². The Morgan fingerprint density at radius 1 is 1.19 bits per heavy atom. The number of hydrogen-bond donors (Lipinski definition) is 1. The Morgan fingerprint density at radius 2 is 1.97 bits per heavy atom. The number of ether oxygens (including phenoxy) is 3. The molecule has 3 aliphatic rings. The molecule has 31 heavy (non-hydrogen) atoms. The van der Waals surface area contributed by atoms with Crippen LogP contribution in [0.4, 0.5) is 4.39 Å². The second kappa shape index (κ2) is 8.35. The van der Waals surface area contributed by atoms with Crippen LogP contribution >= 0.6 is 0 Å². The first kappa shape index (κ1) is 21.4. The standard InChI is InChI=1S/C25H27FO5/c1-13(2)23-20(8-6-18-10-17(27)11-22(28)31-18)24-14(3)15(4)25(23)30-12-29-21-9-16(26)5-7-19(21)24/h5-9,13,17-18,27H,10-12H2,1-4H3/b8-6+/t17-,18-/m0/s1. The lowest BCUT2D eigenvalue weighted by Crippen LogP contribution is -2.31. The van der Waals surface area contributed by atoms with Crippen molar-refractivity contribution in [2.24, 2.45) is 0 Å². The van der Waals surface area contributed by atoms with E-state index in [-0.39, 0.29) is 24.9 Å². The minimum Gasteiger partial charge on any atom is -0.458 e. The highest BCUT2D eigenvalue weighted by Crippen LogP contribution is 2.46. The molecule has 164 valence electrons. The molecule has 2 aromatic carbocycles. The average Bonchev–Trinajstić information content (AvgIpc) is 2.78.